The molecule has 0 heterocycles. The number of rotatable bonds is 4. The lowest BCUT2D eigenvalue weighted by Gasteiger charge is -2.28. The van der Waals surface area contributed by atoms with Crippen molar-refractivity contribution in [2.45, 2.75) is 38.1 Å². The van der Waals surface area contributed by atoms with Crippen molar-refractivity contribution < 1.29 is 9.47 Å². The van der Waals surface area contributed by atoms with E-state index in [1.807, 2.05) is 18.2 Å². The number of methoxy groups -OCH3 is 2. The summed E-state index contributed by atoms with van der Waals surface area (Å²) in [6.45, 7) is 2.23. The molecule has 0 saturated heterocycles. The van der Waals surface area contributed by atoms with Gasteiger partial charge in [0.2, 0.25) is 0 Å². The predicted octanol–water partition coefficient (Wildman–Crippen LogP) is 3.07. The van der Waals surface area contributed by atoms with Crippen LogP contribution in [0.2, 0.25) is 0 Å². The van der Waals surface area contributed by atoms with Crippen LogP contribution in [0.25, 0.3) is 0 Å². The van der Waals surface area contributed by atoms with E-state index in [1.165, 1.54) is 12.8 Å². The smallest absolute Gasteiger partial charge is 0.127 e. The Morgan fingerprint density at radius 2 is 1.89 bits per heavy atom. The van der Waals surface area contributed by atoms with E-state index in [0.29, 0.717) is 5.92 Å². The highest BCUT2D eigenvalue weighted by atomic mass is 16.5. The van der Waals surface area contributed by atoms with Crippen molar-refractivity contribution >= 4 is 0 Å². The molecule has 2 rings (SSSR count). The van der Waals surface area contributed by atoms with Crippen LogP contribution in [0.3, 0.4) is 0 Å². The number of benzene rings is 1. The van der Waals surface area contributed by atoms with E-state index in [9.17, 15) is 0 Å². The Morgan fingerprint density at radius 1 is 1.28 bits per heavy atom. The maximum atomic E-state index is 6.64. The maximum Gasteiger partial charge on any atom is 0.127 e. The summed E-state index contributed by atoms with van der Waals surface area (Å²) in [5, 5.41) is 0. The predicted molar refractivity (Wildman–Crippen MR) is 73.0 cm³/mol. The van der Waals surface area contributed by atoms with Crippen molar-refractivity contribution in [1.82, 2.24) is 0 Å². The van der Waals surface area contributed by atoms with Gasteiger partial charge in [0.25, 0.3) is 0 Å². The monoisotopic (exact) mass is 249 g/mol. The van der Waals surface area contributed by atoms with E-state index >= 15 is 0 Å². The van der Waals surface area contributed by atoms with Crippen LogP contribution >= 0.6 is 0 Å². The minimum Gasteiger partial charge on any atom is -0.496 e. The molecule has 0 spiro atoms. The van der Waals surface area contributed by atoms with Crippen LogP contribution in [-0.4, -0.2) is 14.2 Å². The van der Waals surface area contributed by atoms with Crippen molar-refractivity contribution in [2.75, 3.05) is 14.2 Å². The van der Waals surface area contributed by atoms with Crippen LogP contribution in [0.1, 0.15) is 38.2 Å². The molecule has 1 fully saturated rings. The van der Waals surface area contributed by atoms with Crippen LogP contribution in [0.15, 0.2) is 18.2 Å². The Bertz CT molecular complexity index is 397. The summed E-state index contributed by atoms with van der Waals surface area (Å²) in [5.41, 5.74) is 7.37. The summed E-state index contributed by atoms with van der Waals surface area (Å²) in [6, 6.07) is 5.87. The summed E-state index contributed by atoms with van der Waals surface area (Å²) < 4.78 is 10.9. The highest BCUT2D eigenvalue weighted by Crippen LogP contribution is 2.47. The van der Waals surface area contributed by atoms with E-state index in [2.05, 4.69) is 6.92 Å². The average molecular weight is 249 g/mol. The first-order valence-electron chi connectivity index (χ1n) is 6.65. The van der Waals surface area contributed by atoms with Gasteiger partial charge in [0.15, 0.2) is 0 Å². The van der Waals surface area contributed by atoms with Crippen molar-refractivity contribution in [2.24, 2.45) is 11.7 Å². The molecule has 1 aliphatic carbocycles. The van der Waals surface area contributed by atoms with Crippen LogP contribution in [0.4, 0.5) is 0 Å². The van der Waals surface area contributed by atoms with E-state index in [0.717, 1.165) is 29.9 Å². The summed E-state index contributed by atoms with van der Waals surface area (Å²) in [4.78, 5) is 0. The van der Waals surface area contributed by atoms with Crippen molar-refractivity contribution in [3.05, 3.63) is 23.8 Å². The molecule has 0 amide bonds. The van der Waals surface area contributed by atoms with Crippen LogP contribution in [-0.2, 0) is 5.54 Å². The molecule has 1 saturated carbocycles. The van der Waals surface area contributed by atoms with Gasteiger partial charge in [0, 0.05) is 5.54 Å². The highest BCUT2D eigenvalue weighted by Gasteiger charge is 2.40. The van der Waals surface area contributed by atoms with Gasteiger partial charge >= 0.3 is 0 Å². The molecule has 3 nitrogen and oxygen atoms in total. The first-order chi connectivity index (χ1) is 8.64. The molecule has 0 radical (unpaired) electrons. The zero-order valence-corrected chi connectivity index (χ0v) is 11.5. The summed E-state index contributed by atoms with van der Waals surface area (Å²) in [7, 11) is 3.38. The zero-order chi connectivity index (χ0) is 13.2. The van der Waals surface area contributed by atoms with Gasteiger partial charge in [-0.25, -0.2) is 0 Å². The van der Waals surface area contributed by atoms with Gasteiger partial charge in [-0.3, -0.25) is 0 Å². The fraction of sp³-hybridized carbons (Fsp3) is 0.600. The second-order valence-corrected chi connectivity index (χ2v) is 5.21. The molecule has 2 atom stereocenters. The van der Waals surface area contributed by atoms with E-state index < -0.39 is 0 Å². The molecular weight excluding hydrogens is 226 g/mol. The van der Waals surface area contributed by atoms with Crippen molar-refractivity contribution in [3.63, 3.8) is 0 Å². The van der Waals surface area contributed by atoms with Gasteiger partial charge in [0.05, 0.1) is 19.8 Å². The molecule has 0 aromatic heterocycles. The molecule has 3 heteroatoms. The van der Waals surface area contributed by atoms with Crippen LogP contribution in [0.5, 0.6) is 11.5 Å². The molecule has 2 unspecified atom stereocenters. The minimum atomic E-state index is -0.307. The molecule has 1 aromatic rings. The van der Waals surface area contributed by atoms with Gasteiger partial charge in [-0.15, -0.1) is 0 Å². The van der Waals surface area contributed by atoms with E-state index in [1.54, 1.807) is 14.2 Å². The fourth-order valence-corrected chi connectivity index (χ4v) is 3.10. The largest absolute Gasteiger partial charge is 0.496 e. The van der Waals surface area contributed by atoms with Gasteiger partial charge < -0.3 is 15.2 Å². The molecule has 1 aromatic carbocycles. The Balaban J connectivity index is 2.43. The first-order valence-corrected chi connectivity index (χ1v) is 6.65. The summed E-state index contributed by atoms with van der Waals surface area (Å²) >= 11 is 0. The fourth-order valence-electron chi connectivity index (χ4n) is 3.10. The molecule has 100 valence electrons. The first kappa shape index (κ1) is 13.2. The lowest BCUT2D eigenvalue weighted by Crippen LogP contribution is -2.34. The standard InChI is InChI=1S/C15H23NO2/c1-4-11-8-9-15(16,10-11)14-12(17-2)6-5-7-13(14)18-3/h5-7,11H,4,8-10,16H2,1-3H3. The van der Waals surface area contributed by atoms with Gasteiger partial charge in [-0.1, -0.05) is 19.4 Å². The van der Waals surface area contributed by atoms with Gasteiger partial charge in [-0.05, 0) is 37.3 Å². The molecule has 18 heavy (non-hydrogen) atoms. The average Bonchev–Trinajstić information content (AvgIpc) is 2.80. The minimum absolute atomic E-state index is 0.307. The Morgan fingerprint density at radius 3 is 2.33 bits per heavy atom. The third-order valence-electron chi connectivity index (χ3n) is 4.15. The Kier molecular flexibility index (Phi) is 3.81. The third-order valence-corrected chi connectivity index (χ3v) is 4.15. The van der Waals surface area contributed by atoms with Crippen LogP contribution < -0.4 is 15.2 Å². The molecule has 0 bridgehead atoms. The number of hydrogen-bond donors (Lipinski definition) is 1. The summed E-state index contributed by atoms with van der Waals surface area (Å²) in [5.74, 6) is 2.40. The summed E-state index contributed by atoms with van der Waals surface area (Å²) in [6.07, 6.45) is 4.40. The van der Waals surface area contributed by atoms with Crippen molar-refractivity contribution in [3.8, 4) is 11.5 Å². The molecular formula is C15H23NO2. The van der Waals surface area contributed by atoms with Gasteiger partial charge in [0.1, 0.15) is 11.5 Å². The Labute approximate surface area is 109 Å². The lowest BCUT2D eigenvalue weighted by atomic mass is 9.86. The second kappa shape index (κ2) is 5.19. The molecule has 2 N–H and O–H groups in total. The Hall–Kier alpha value is -1.22. The molecule has 1 aliphatic rings. The number of hydrogen-bond acceptors (Lipinski definition) is 3. The van der Waals surface area contributed by atoms with E-state index in [4.69, 9.17) is 15.2 Å². The van der Waals surface area contributed by atoms with Crippen molar-refractivity contribution in [1.29, 1.82) is 0 Å². The number of ether oxygens (including phenoxy) is 2. The normalized spacial score (nSPS) is 27.2. The number of nitrogens with two attached hydrogens (primary N) is 1. The quantitative estimate of drug-likeness (QED) is 0.892. The van der Waals surface area contributed by atoms with Crippen LogP contribution in [0, 0.1) is 5.92 Å². The van der Waals surface area contributed by atoms with E-state index in [-0.39, 0.29) is 5.54 Å². The van der Waals surface area contributed by atoms with Gasteiger partial charge in [-0.2, -0.15) is 0 Å². The lowest BCUT2D eigenvalue weighted by molar-refractivity contribution is 0.341. The third kappa shape index (κ3) is 2.19. The second-order valence-electron chi connectivity index (χ2n) is 5.21. The molecule has 0 aliphatic heterocycles. The zero-order valence-electron chi connectivity index (χ0n) is 11.5. The topological polar surface area (TPSA) is 44.5 Å². The SMILES string of the molecule is CCC1CCC(N)(c2c(OC)cccc2OC)C1. The highest BCUT2D eigenvalue weighted by molar-refractivity contribution is 5.49. The maximum absolute atomic E-state index is 6.64.